The summed E-state index contributed by atoms with van der Waals surface area (Å²) in [6, 6.07) is 19.5. The zero-order valence-electron chi connectivity index (χ0n) is 27.3. The Morgan fingerprint density at radius 1 is 0.913 bits per heavy atom. The summed E-state index contributed by atoms with van der Waals surface area (Å²) >= 11 is 0. The first-order chi connectivity index (χ1) is 22.1. The van der Waals surface area contributed by atoms with Gasteiger partial charge in [-0.15, -0.1) is 5.11 Å². The minimum Gasteiger partial charge on any atom is -0.345 e. The summed E-state index contributed by atoms with van der Waals surface area (Å²) in [4.78, 5) is 45.8. The van der Waals surface area contributed by atoms with E-state index in [9.17, 15) is 14.4 Å². The molecule has 3 N–H and O–H groups in total. The molecule has 0 bridgehead atoms. The molecule has 1 saturated carbocycles. The van der Waals surface area contributed by atoms with Gasteiger partial charge in [0.2, 0.25) is 5.91 Å². The van der Waals surface area contributed by atoms with E-state index in [0.717, 1.165) is 59.1 Å². The van der Waals surface area contributed by atoms with Crippen molar-refractivity contribution in [3.63, 3.8) is 0 Å². The van der Waals surface area contributed by atoms with Gasteiger partial charge in [0.1, 0.15) is 5.78 Å². The zero-order chi connectivity index (χ0) is 32.8. The lowest BCUT2D eigenvalue weighted by molar-refractivity contribution is -0.129. The topological polar surface area (TPSA) is 130 Å². The number of benzene rings is 3. The van der Waals surface area contributed by atoms with Gasteiger partial charge in [0, 0.05) is 49.2 Å². The van der Waals surface area contributed by atoms with E-state index in [-0.39, 0.29) is 29.9 Å². The Morgan fingerprint density at radius 2 is 1.59 bits per heavy atom. The summed E-state index contributed by atoms with van der Waals surface area (Å²) in [5.41, 5.74) is 13.0. The minimum absolute atomic E-state index is 0.0234. The van der Waals surface area contributed by atoms with Crippen LogP contribution in [0.5, 0.6) is 0 Å². The van der Waals surface area contributed by atoms with E-state index in [4.69, 9.17) is 5.73 Å². The van der Waals surface area contributed by atoms with Crippen LogP contribution >= 0.6 is 0 Å². The second kappa shape index (κ2) is 14.7. The van der Waals surface area contributed by atoms with Gasteiger partial charge in [0.05, 0.1) is 0 Å². The van der Waals surface area contributed by atoms with Gasteiger partial charge in [-0.3, -0.25) is 14.4 Å². The van der Waals surface area contributed by atoms with E-state index in [1.54, 1.807) is 19.0 Å². The first kappa shape index (κ1) is 32.9. The number of nitrogens with zero attached hydrogens (tertiary/aromatic N) is 4. The molecule has 9 heteroatoms. The number of carbonyl (C=O) groups excluding carboxylic acids is 3. The fraction of sp³-hybridized carbons (Fsp3) is 0.405. The zero-order valence-corrected chi connectivity index (χ0v) is 27.3. The minimum atomic E-state index is -0.524. The smallest absolute Gasteiger partial charge is 0.253 e. The Bertz CT molecular complexity index is 1630. The van der Waals surface area contributed by atoms with Crippen molar-refractivity contribution in [2.45, 2.75) is 52.4 Å². The number of hydrogen-bond donors (Lipinski definition) is 2. The summed E-state index contributed by atoms with van der Waals surface area (Å²) in [5.74, 6) is 0.456. The van der Waals surface area contributed by atoms with Gasteiger partial charge >= 0.3 is 0 Å². The molecule has 0 saturated heterocycles. The summed E-state index contributed by atoms with van der Waals surface area (Å²) in [7, 11) is 3.51. The van der Waals surface area contributed by atoms with Crippen molar-refractivity contribution in [2.24, 2.45) is 38.7 Å². The standard InChI is InChI=1S/C37H44N6O3/c1-23-17-24(2)33(37(46)43(3)4)20-32(23)27-9-5-25(6-10-27)18-30(19-34(44)28-11-7-26(21-38)8-12-28)36(45)41-31-15-13-29(14-16-31)35-39-22-40-42-35/h5-6,9-10,13-17,20,26,28,30H,7-8,11-12,18-19,21-22,38H2,1-4H3,(H,41,45)/t26?,28?,30-/m1/s1. The van der Waals surface area contributed by atoms with Gasteiger partial charge < -0.3 is 16.0 Å². The molecule has 0 unspecified atom stereocenters. The van der Waals surface area contributed by atoms with Crippen molar-refractivity contribution in [1.82, 2.24) is 4.90 Å². The number of nitrogens with one attached hydrogen (secondary N) is 1. The molecule has 1 aliphatic carbocycles. The molecule has 46 heavy (non-hydrogen) atoms. The van der Waals surface area contributed by atoms with Crippen molar-refractivity contribution >= 4 is 29.1 Å². The lowest BCUT2D eigenvalue weighted by Gasteiger charge is -2.27. The van der Waals surface area contributed by atoms with Gasteiger partial charge in [-0.2, -0.15) is 5.11 Å². The highest BCUT2D eigenvalue weighted by Gasteiger charge is 2.30. The number of aryl methyl sites for hydroxylation is 2. The lowest BCUT2D eigenvalue weighted by Crippen LogP contribution is -2.31. The van der Waals surface area contributed by atoms with Gasteiger partial charge in [-0.05, 0) is 117 Å². The van der Waals surface area contributed by atoms with Crippen molar-refractivity contribution in [1.29, 1.82) is 0 Å². The molecule has 9 nitrogen and oxygen atoms in total. The van der Waals surface area contributed by atoms with Crippen molar-refractivity contribution in [3.8, 4) is 11.1 Å². The third-order valence-corrected chi connectivity index (χ3v) is 9.27. The van der Waals surface area contributed by atoms with Crippen LogP contribution in [0.15, 0.2) is 75.9 Å². The van der Waals surface area contributed by atoms with Crippen LogP contribution in [0.3, 0.4) is 0 Å². The summed E-state index contributed by atoms with van der Waals surface area (Å²) in [6.45, 7) is 5.00. The van der Waals surface area contributed by atoms with Crippen LogP contribution in [0.4, 0.5) is 5.69 Å². The van der Waals surface area contributed by atoms with Crippen LogP contribution < -0.4 is 11.1 Å². The number of rotatable bonds is 11. The monoisotopic (exact) mass is 620 g/mol. The number of anilines is 1. The van der Waals surface area contributed by atoms with Crippen molar-refractivity contribution in [2.75, 3.05) is 32.6 Å². The fourth-order valence-electron chi connectivity index (χ4n) is 6.45. The Balaban J connectivity index is 1.34. The van der Waals surface area contributed by atoms with E-state index in [0.29, 0.717) is 42.6 Å². The van der Waals surface area contributed by atoms with Crippen LogP contribution in [0.1, 0.15) is 64.7 Å². The number of hydrogen-bond acceptors (Lipinski definition) is 7. The second-order valence-corrected chi connectivity index (χ2v) is 12.8. The average Bonchev–Trinajstić information content (AvgIpc) is 3.60. The Labute approximate surface area is 271 Å². The number of azo groups is 1. The van der Waals surface area contributed by atoms with E-state index in [1.165, 1.54) is 0 Å². The van der Waals surface area contributed by atoms with Crippen LogP contribution in [0.2, 0.25) is 0 Å². The normalized spacial score (nSPS) is 18.2. The molecule has 1 fully saturated rings. The predicted octanol–water partition coefficient (Wildman–Crippen LogP) is 6.36. The van der Waals surface area contributed by atoms with Gasteiger partial charge in [0.15, 0.2) is 12.5 Å². The number of nitrogens with two attached hydrogens (primary N) is 1. The first-order valence-corrected chi connectivity index (χ1v) is 16.1. The number of ketones is 1. The molecule has 0 aromatic heterocycles. The Morgan fingerprint density at radius 3 is 2.20 bits per heavy atom. The van der Waals surface area contributed by atoms with Gasteiger partial charge in [0.25, 0.3) is 5.91 Å². The third-order valence-electron chi connectivity index (χ3n) is 9.27. The van der Waals surface area contributed by atoms with Gasteiger partial charge in [-0.1, -0.05) is 30.3 Å². The molecule has 2 aliphatic rings. The molecular weight excluding hydrogens is 576 g/mol. The summed E-state index contributed by atoms with van der Waals surface area (Å²) < 4.78 is 0. The van der Waals surface area contributed by atoms with Crippen LogP contribution in [-0.4, -0.2) is 55.6 Å². The van der Waals surface area contributed by atoms with E-state index in [1.807, 2.05) is 74.5 Å². The lowest BCUT2D eigenvalue weighted by atomic mass is 9.77. The molecule has 1 aliphatic heterocycles. The second-order valence-electron chi connectivity index (χ2n) is 12.8. The average molecular weight is 621 g/mol. The van der Waals surface area contributed by atoms with Crippen LogP contribution in [0.25, 0.3) is 11.1 Å². The highest BCUT2D eigenvalue weighted by Crippen LogP contribution is 2.32. The van der Waals surface area contributed by atoms with E-state index in [2.05, 4.69) is 20.5 Å². The van der Waals surface area contributed by atoms with Crippen molar-refractivity contribution in [3.05, 3.63) is 88.5 Å². The molecule has 0 spiro atoms. The summed E-state index contributed by atoms with van der Waals surface area (Å²) in [6.07, 6.45) is 4.21. The van der Waals surface area contributed by atoms with E-state index >= 15 is 0 Å². The van der Waals surface area contributed by atoms with Gasteiger partial charge in [-0.25, -0.2) is 4.99 Å². The highest BCUT2D eigenvalue weighted by molar-refractivity contribution is 6.01. The maximum Gasteiger partial charge on any atom is 0.253 e. The number of carbonyl (C=O) groups is 3. The highest BCUT2D eigenvalue weighted by atomic mass is 16.2. The predicted molar refractivity (Wildman–Crippen MR) is 182 cm³/mol. The Kier molecular flexibility index (Phi) is 10.5. The SMILES string of the molecule is Cc1cc(C)c(-c2ccc(C[C@H](CC(=O)C3CCC(CN)CC3)C(=O)Nc3ccc(C4=NCN=N4)cc3)cc2)cc1C(=O)N(C)C. The molecule has 3 aromatic rings. The Hall–Kier alpha value is -4.50. The number of amides is 2. The molecule has 1 atom stereocenters. The first-order valence-electron chi connectivity index (χ1n) is 16.1. The summed E-state index contributed by atoms with van der Waals surface area (Å²) in [5, 5.41) is 11.0. The molecule has 5 rings (SSSR count). The molecule has 3 aromatic carbocycles. The number of amidine groups is 1. The molecular formula is C37H44N6O3. The largest absolute Gasteiger partial charge is 0.345 e. The molecule has 2 amide bonds. The molecule has 0 radical (unpaired) electrons. The maximum atomic E-state index is 13.7. The van der Waals surface area contributed by atoms with Crippen LogP contribution in [-0.2, 0) is 16.0 Å². The number of Topliss-reactive ketones (excluding diaryl/α,β-unsaturated/α-hetero) is 1. The van der Waals surface area contributed by atoms with Crippen LogP contribution in [0, 0.1) is 31.6 Å². The molecule has 1 heterocycles. The quantitative estimate of drug-likeness (QED) is 0.258. The fourth-order valence-corrected chi connectivity index (χ4v) is 6.45. The third kappa shape index (κ3) is 7.83. The maximum absolute atomic E-state index is 13.7. The molecule has 240 valence electrons. The van der Waals surface area contributed by atoms with E-state index < -0.39 is 5.92 Å². The number of aliphatic imine (C=N–C) groups is 1. The van der Waals surface area contributed by atoms with Crippen molar-refractivity contribution < 1.29 is 14.4 Å².